The number of pyridine rings is 1. The lowest BCUT2D eigenvalue weighted by molar-refractivity contribution is -0.140. The average molecular weight is 481 g/mol. The number of aryl methyl sites for hydroxylation is 1. The number of hydrogen-bond donors (Lipinski definition) is 1. The molecule has 1 aromatic heterocycles. The van der Waals surface area contributed by atoms with Crippen molar-refractivity contribution in [3.8, 4) is 0 Å². The van der Waals surface area contributed by atoms with Crippen LogP contribution in [0.1, 0.15) is 28.3 Å². The first-order chi connectivity index (χ1) is 14.9. The van der Waals surface area contributed by atoms with Crippen molar-refractivity contribution in [2.24, 2.45) is 0 Å². The summed E-state index contributed by atoms with van der Waals surface area (Å²) in [4.78, 5) is 31.5. The van der Waals surface area contributed by atoms with Crippen molar-refractivity contribution < 1.29 is 19.1 Å². The summed E-state index contributed by atoms with van der Waals surface area (Å²) >= 11 is 3.42. The van der Waals surface area contributed by atoms with Crippen molar-refractivity contribution in [1.82, 2.24) is 9.88 Å². The van der Waals surface area contributed by atoms with Crippen molar-refractivity contribution in [2.45, 2.75) is 19.5 Å². The van der Waals surface area contributed by atoms with Gasteiger partial charge in [-0.25, -0.2) is 4.39 Å². The summed E-state index contributed by atoms with van der Waals surface area (Å²) in [6, 6.07) is 13.6. The Kier molecular flexibility index (Phi) is 5.69. The zero-order valence-electron chi connectivity index (χ0n) is 16.5. The van der Waals surface area contributed by atoms with E-state index in [1.165, 1.54) is 17.0 Å². The highest BCUT2D eigenvalue weighted by Crippen LogP contribution is 2.40. The Hall–Kier alpha value is -3.32. The van der Waals surface area contributed by atoms with Gasteiger partial charge >= 0.3 is 0 Å². The maximum atomic E-state index is 13.3. The smallest absolute Gasteiger partial charge is 0.295 e. The van der Waals surface area contributed by atoms with Gasteiger partial charge in [0, 0.05) is 29.0 Å². The minimum Gasteiger partial charge on any atom is -0.507 e. The number of hydrogen-bond acceptors (Lipinski definition) is 4. The standard InChI is InChI=1S/C24H18BrFN2O3/c1-14-11-16(6-9-19(14)25)22(29)20-21(17-3-2-10-27-12-17)28(24(31)23(20)30)13-15-4-7-18(26)8-5-15/h2-12,21,29H,13H2,1H3/b22-20-. The number of halogens is 2. The van der Waals surface area contributed by atoms with E-state index in [4.69, 9.17) is 0 Å². The molecule has 2 aromatic carbocycles. The Morgan fingerprint density at radius 3 is 2.55 bits per heavy atom. The number of carbonyl (C=O) groups is 2. The molecule has 1 aliphatic heterocycles. The van der Waals surface area contributed by atoms with Crippen molar-refractivity contribution in [2.75, 3.05) is 0 Å². The average Bonchev–Trinajstić information content (AvgIpc) is 3.02. The highest BCUT2D eigenvalue weighted by atomic mass is 79.9. The van der Waals surface area contributed by atoms with E-state index in [-0.39, 0.29) is 23.7 Å². The number of Topliss-reactive ketones (excluding diaryl/α,β-unsaturated/α-hetero) is 1. The third-order valence-electron chi connectivity index (χ3n) is 5.24. The number of benzene rings is 2. The van der Waals surface area contributed by atoms with Gasteiger partial charge < -0.3 is 10.0 Å². The number of aliphatic hydroxyl groups is 1. The first-order valence-corrected chi connectivity index (χ1v) is 10.4. The SMILES string of the molecule is Cc1cc(/C(O)=C2/C(=O)C(=O)N(Cc3ccc(F)cc3)C2c2cccnc2)ccc1Br. The second kappa shape index (κ2) is 8.43. The molecule has 1 aliphatic rings. The summed E-state index contributed by atoms with van der Waals surface area (Å²) in [7, 11) is 0. The largest absolute Gasteiger partial charge is 0.507 e. The van der Waals surface area contributed by atoms with E-state index < -0.39 is 17.7 Å². The fourth-order valence-corrected chi connectivity index (χ4v) is 3.91. The summed E-state index contributed by atoms with van der Waals surface area (Å²) in [5.41, 5.74) is 2.58. The summed E-state index contributed by atoms with van der Waals surface area (Å²) in [5, 5.41) is 11.1. The lowest BCUT2D eigenvalue weighted by Crippen LogP contribution is -2.29. The third-order valence-corrected chi connectivity index (χ3v) is 6.13. The Balaban J connectivity index is 1.85. The molecule has 0 radical (unpaired) electrons. The number of aliphatic hydroxyl groups excluding tert-OH is 1. The van der Waals surface area contributed by atoms with Gasteiger partial charge in [-0.3, -0.25) is 14.6 Å². The molecule has 2 heterocycles. The number of carbonyl (C=O) groups excluding carboxylic acids is 2. The molecule has 1 unspecified atom stereocenters. The fourth-order valence-electron chi connectivity index (χ4n) is 3.66. The normalized spacial score (nSPS) is 17.9. The molecule has 4 rings (SSSR count). The molecule has 1 N–H and O–H groups in total. The highest BCUT2D eigenvalue weighted by molar-refractivity contribution is 9.10. The van der Waals surface area contributed by atoms with E-state index in [9.17, 15) is 19.1 Å². The van der Waals surface area contributed by atoms with Crippen LogP contribution in [0.15, 0.2) is 77.0 Å². The van der Waals surface area contributed by atoms with Crippen LogP contribution in [-0.2, 0) is 16.1 Å². The summed E-state index contributed by atoms with van der Waals surface area (Å²) in [6.45, 7) is 1.95. The maximum absolute atomic E-state index is 13.3. The van der Waals surface area contributed by atoms with Gasteiger partial charge in [-0.1, -0.05) is 40.2 Å². The van der Waals surface area contributed by atoms with Gasteiger partial charge in [-0.05, 0) is 53.9 Å². The van der Waals surface area contributed by atoms with Crippen molar-refractivity contribution in [1.29, 1.82) is 0 Å². The van der Waals surface area contributed by atoms with Gasteiger partial charge in [-0.2, -0.15) is 0 Å². The first-order valence-electron chi connectivity index (χ1n) is 9.56. The summed E-state index contributed by atoms with van der Waals surface area (Å²) < 4.78 is 14.2. The first kappa shape index (κ1) is 20.9. The van der Waals surface area contributed by atoms with Crippen LogP contribution in [0, 0.1) is 12.7 Å². The van der Waals surface area contributed by atoms with E-state index >= 15 is 0 Å². The van der Waals surface area contributed by atoms with Crippen LogP contribution in [0.25, 0.3) is 5.76 Å². The van der Waals surface area contributed by atoms with Crippen LogP contribution in [-0.4, -0.2) is 26.7 Å². The topological polar surface area (TPSA) is 70.5 Å². The summed E-state index contributed by atoms with van der Waals surface area (Å²) in [6.07, 6.45) is 3.15. The molecule has 3 aromatic rings. The number of aromatic nitrogens is 1. The molecule has 1 atom stereocenters. The monoisotopic (exact) mass is 480 g/mol. The predicted molar refractivity (Wildman–Crippen MR) is 117 cm³/mol. The quantitative estimate of drug-likeness (QED) is 0.327. The molecule has 1 amide bonds. The Bertz CT molecular complexity index is 1190. The lowest BCUT2D eigenvalue weighted by Gasteiger charge is -2.25. The van der Waals surface area contributed by atoms with E-state index in [0.717, 1.165) is 10.0 Å². The molecule has 0 spiro atoms. The van der Waals surface area contributed by atoms with E-state index in [1.807, 2.05) is 6.92 Å². The van der Waals surface area contributed by atoms with E-state index in [1.54, 1.807) is 54.9 Å². The van der Waals surface area contributed by atoms with Gasteiger partial charge in [0.05, 0.1) is 11.6 Å². The third kappa shape index (κ3) is 4.01. The molecular weight excluding hydrogens is 463 g/mol. The van der Waals surface area contributed by atoms with Gasteiger partial charge in [0.2, 0.25) is 0 Å². The minimum absolute atomic E-state index is 0.00170. The molecule has 31 heavy (non-hydrogen) atoms. The van der Waals surface area contributed by atoms with Gasteiger partial charge in [0.25, 0.3) is 11.7 Å². The van der Waals surface area contributed by atoms with Crippen LogP contribution < -0.4 is 0 Å². The van der Waals surface area contributed by atoms with Gasteiger partial charge in [0.15, 0.2) is 0 Å². The number of ketones is 1. The highest BCUT2D eigenvalue weighted by Gasteiger charge is 2.46. The minimum atomic E-state index is -0.817. The van der Waals surface area contributed by atoms with Crippen molar-refractivity contribution in [3.05, 3.63) is 105 Å². The molecule has 156 valence electrons. The van der Waals surface area contributed by atoms with Crippen LogP contribution in [0.4, 0.5) is 4.39 Å². The number of rotatable bonds is 4. The molecule has 1 saturated heterocycles. The number of amides is 1. The van der Waals surface area contributed by atoms with Crippen molar-refractivity contribution in [3.63, 3.8) is 0 Å². The summed E-state index contributed by atoms with van der Waals surface area (Å²) in [5.74, 6) is -2.13. The van der Waals surface area contributed by atoms with Crippen LogP contribution in [0.3, 0.4) is 0 Å². The number of nitrogens with zero attached hydrogens (tertiary/aromatic N) is 2. The van der Waals surface area contributed by atoms with Gasteiger partial charge in [-0.15, -0.1) is 0 Å². The molecule has 1 fully saturated rings. The maximum Gasteiger partial charge on any atom is 0.295 e. The van der Waals surface area contributed by atoms with Crippen LogP contribution in [0.5, 0.6) is 0 Å². The molecule has 0 bridgehead atoms. The Labute approximate surface area is 187 Å². The van der Waals surface area contributed by atoms with Crippen LogP contribution >= 0.6 is 15.9 Å². The van der Waals surface area contributed by atoms with Crippen LogP contribution in [0.2, 0.25) is 0 Å². The molecule has 0 aliphatic carbocycles. The number of likely N-dealkylation sites (tertiary alicyclic amines) is 1. The Morgan fingerprint density at radius 2 is 1.90 bits per heavy atom. The molecular formula is C24H18BrFN2O3. The zero-order valence-corrected chi connectivity index (χ0v) is 18.1. The fraction of sp³-hybridized carbons (Fsp3) is 0.125. The van der Waals surface area contributed by atoms with E-state index in [2.05, 4.69) is 20.9 Å². The predicted octanol–water partition coefficient (Wildman–Crippen LogP) is 4.91. The Morgan fingerprint density at radius 1 is 1.16 bits per heavy atom. The molecule has 5 nitrogen and oxygen atoms in total. The lowest BCUT2D eigenvalue weighted by atomic mass is 9.95. The zero-order chi connectivity index (χ0) is 22.1. The van der Waals surface area contributed by atoms with Crippen molar-refractivity contribution >= 4 is 33.4 Å². The second-order valence-electron chi connectivity index (χ2n) is 7.30. The second-order valence-corrected chi connectivity index (χ2v) is 8.16. The van der Waals surface area contributed by atoms with E-state index in [0.29, 0.717) is 16.7 Å². The van der Waals surface area contributed by atoms with Gasteiger partial charge in [0.1, 0.15) is 11.6 Å². The molecule has 0 saturated carbocycles. The molecule has 7 heteroatoms.